The molecule has 0 radical (unpaired) electrons. The van der Waals surface area contributed by atoms with Crippen molar-refractivity contribution >= 4 is 45.0 Å². The lowest BCUT2D eigenvalue weighted by molar-refractivity contribution is 0.102. The van der Waals surface area contributed by atoms with Crippen LogP contribution in [0.5, 0.6) is 0 Å². The molecule has 5 nitrogen and oxygen atoms in total. The number of nitrogens with one attached hydrogen (secondary N) is 3. The number of hydrogen-bond donors (Lipinski definition) is 3. The van der Waals surface area contributed by atoms with E-state index >= 15 is 0 Å². The summed E-state index contributed by atoms with van der Waals surface area (Å²) in [5, 5.41) is 4.83. The molecular weight excluding hydrogens is 374 g/mol. The van der Waals surface area contributed by atoms with Crippen LogP contribution in [0.2, 0.25) is 5.02 Å². The first kappa shape index (κ1) is 18.3. The average molecular weight is 394 g/mol. The fourth-order valence-electron chi connectivity index (χ4n) is 3.37. The molecule has 0 unspecified atom stereocenters. The van der Waals surface area contributed by atoms with Gasteiger partial charge in [-0.05, 0) is 52.8 Å². The SMILES string of the molecule is CC(C)(C)c1cc2cc[nH]c2cc1NC(=O)c1c[nH]c2ccc(Cl)cc2c1=O. The average Bonchev–Trinajstić information content (AvgIpc) is 3.08. The fraction of sp³-hybridized carbons (Fsp3) is 0.182. The Labute approximate surface area is 166 Å². The molecule has 0 atom stereocenters. The molecule has 6 heteroatoms. The molecule has 4 rings (SSSR count). The van der Waals surface area contributed by atoms with Crippen LogP contribution < -0.4 is 10.7 Å². The van der Waals surface area contributed by atoms with E-state index in [0.717, 1.165) is 16.5 Å². The monoisotopic (exact) mass is 393 g/mol. The molecule has 0 fully saturated rings. The van der Waals surface area contributed by atoms with Crippen LogP contribution in [-0.4, -0.2) is 15.9 Å². The van der Waals surface area contributed by atoms with Crippen LogP contribution in [0.25, 0.3) is 21.8 Å². The Morgan fingerprint density at radius 2 is 1.82 bits per heavy atom. The molecule has 3 N–H and O–H groups in total. The lowest BCUT2D eigenvalue weighted by Gasteiger charge is -2.23. The molecule has 0 aliphatic heterocycles. The van der Waals surface area contributed by atoms with Crippen molar-refractivity contribution in [2.45, 2.75) is 26.2 Å². The predicted octanol–water partition coefficient (Wildman–Crippen LogP) is 5.21. The number of carbonyl (C=O) groups is 1. The van der Waals surface area contributed by atoms with E-state index in [2.05, 4.69) is 42.1 Å². The third kappa shape index (κ3) is 3.18. The van der Waals surface area contributed by atoms with Gasteiger partial charge in [0.2, 0.25) is 5.43 Å². The van der Waals surface area contributed by atoms with Crippen LogP contribution >= 0.6 is 11.6 Å². The van der Waals surface area contributed by atoms with Crippen LogP contribution in [0.15, 0.2) is 53.6 Å². The van der Waals surface area contributed by atoms with E-state index < -0.39 is 5.91 Å². The summed E-state index contributed by atoms with van der Waals surface area (Å²) in [6.45, 7) is 6.25. The van der Waals surface area contributed by atoms with Crippen molar-refractivity contribution in [3.63, 3.8) is 0 Å². The normalized spacial score (nSPS) is 11.9. The Hall–Kier alpha value is -3.05. The number of H-pyrrole nitrogens is 2. The van der Waals surface area contributed by atoms with Gasteiger partial charge in [-0.3, -0.25) is 9.59 Å². The zero-order chi connectivity index (χ0) is 20.1. The second-order valence-corrected chi connectivity index (χ2v) is 8.32. The van der Waals surface area contributed by atoms with E-state index in [1.54, 1.807) is 18.2 Å². The smallest absolute Gasteiger partial charge is 0.261 e. The number of rotatable bonds is 2. The number of aromatic nitrogens is 2. The maximum atomic E-state index is 12.9. The van der Waals surface area contributed by atoms with E-state index in [1.807, 2.05) is 18.3 Å². The number of pyridine rings is 1. The standard InChI is InChI=1S/C22H20ClN3O2/c1-22(2,3)16-8-12-6-7-24-18(12)10-19(16)26-21(28)15-11-25-17-5-4-13(23)9-14(17)20(15)27/h4-11,24H,1-3H3,(H,25,27)(H,26,28). The first-order valence-corrected chi connectivity index (χ1v) is 9.36. The first-order valence-electron chi connectivity index (χ1n) is 8.98. The van der Waals surface area contributed by atoms with Crippen molar-refractivity contribution in [3.05, 3.63) is 75.2 Å². The number of hydrogen-bond acceptors (Lipinski definition) is 2. The molecular formula is C22H20ClN3O2. The van der Waals surface area contributed by atoms with Crippen molar-refractivity contribution in [2.75, 3.05) is 5.32 Å². The Morgan fingerprint density at radius 3 is 2.57 bits per heavy atom. The van der Waals surface area contributed by atoms with Gasteiger partial charge in [0.15, 0.2) is 0 Å². The third-order valence-electron chi connectivity index (χ3n) is 4.84. The summed E-state index contributed by atoms with van der Waals surface area (Å²) >= 11 is 6.01. The molecule has 0 bridgehead atoms. The van der Waals surface area contributed by atoms with Crippen LogP contribution in [0.3, 0.4) is 0 Å². The minimum absolute atomic E-state index is 0.0428. The number of carbonyl (C=O) groups excluding carboxylic acids is 1. The Morgan fingerprint density at radius 1 is 1.04 bits per heavy atom. The second-order valence-electron chi connectivity index (χ2n) is 7.89. The van der Waals surface area contributed by atoms with Gasteiger partial charge in [0.1, 0.15) is 5.56 Å². The third-order valence-corrected chi connectivity index (χ3v) is 5.07. The molecule has 142 valence electrons. The molecule has 4 aromatic rings. The molecule has 0 aliphatic rings. The molecule has 2 heterocycles. The van der Waals surface area contributed by atoms with Crippen LogP contribution in [0.1, 0.15) is 36.7 Å². The van der Waals surface area contributed by atoms with Gasteiger partial charge in [0.25, 0.3) is 5.91 Å². The van der Waals surface area contributed by atoms with Gasteiger partial charge >= 0.3 is 0 Å². The number of benzene rings is 2. The summed E-state index contributed by atoms with van der Waals surface area (Å²) in [6, 6.07) is 10.9. The van der Waals surface area contributed by atoms with Gasteiger partial charge < -0.3 is 15.3 Å². The van der Waals surface area contributed by atoms with Crippen molar-refractivity contribution in [1.29, 1.82) is 0 Å². The van der Waals surface area contributed by atoms with Crippen LogP contribution in [-0.2, 0) is 5.41 Å². The molecule has 28 heavy (non-hydrogen) atoms. The minimum atomic E-state index is -0.459. The van der Waals surface area contributed by atoms with E-state index in [0.29, 0.717) is 21.6 Å². The second kappa shape index (κ2) is 6.53. The summed E-state index contributed by atoms with van der Waals surface area (Å²) in [5.74, 6) is -0.459. The lowest BCUT2D eigenvalue weighted by Crippen LogP contribution is -2.24. The van der Waals surface area contributed by atoms with E-state index in [1.165, 1.54) is 6.20 Å². The minimum Gasteiger partial charge on any atom is -0.361 e. The van der Waals surface area contributed by atoms with Gasteiger partial charge in [-0.25, -0.2) is 0 Å². The van der Waals surface area contributed by atoms with Gasteiger partial charge in [-0.2, -0.15) is 0 Å². The summed E-state index contributed by atoms with van der Waals surface area (Å²) in [7, 11) is 0. The van der Waals surface area contributed by atoms with Crippen molar-refractivity contribution in [1.82, 2.24) is 9.97 Å². The maximum absolute atomic E-state index is 12.9. The molecule has 2 aromatic heterocycles. The molecule has 0 spiro atoms. The molecule has 0 saturated heterocycles. The number of aromatic amines is 2. The maximum Gasteiger partial charge on any atom is 0.261 e. The highest BCUT2D eigenvalue weighted by molar-refractivity contribution is 6.31. The Bertz CT molecular complexity index is 1280. The highest BCUT2D eigenvalue weighted by Crippen LogP contribution is 2.33. The van der Waals surface area contributed by atoms with Crippen LogP contribution in [0.4, 0.5) is 5.69 Å². The number of halogens is 1. The highest BCUT2D eigenvalue weighted by Gasteiger charge is 2.22. The first-order chi connectivity index (χ1) is 13.2. The summed E-state index contributed by atoms with van der Waals surface area (Å²) < 4.78 is 0. The quantitative estimate of drug-likeness (QED) is 0.437. The molecule has 0 aliphatic carbocycles. The largest absolute Gasteiger partial charge is 0.361 e. The molecule has 1 amide bonds. The highest BCUT2D eigenvalue weighted by atomic mass is 35.5. The number of fused-ring (bicyclic) bond motifs is 2. The number of amides is 1. The summed E-state index contributed by atoms with van der Waals surface area (Å²) in [6.07, 6.45) is 3.30. The van der Waals surface area contributed by atoms with E-state index in [9.17, 15) is 9.59 Å². The summed E-state index contributed by atoms with van der Waals surface area (Å²) in [4.78, 5) is 31.9. The zero-order valence-electron chi connectivity index (χ0n) is 15.8. The molecule has 0 saturated carbocycles. The topological polar surface area (TPSA) is 77.8 Å². The van der Waals surface area contributed by atoms with Gasteiger partial charge in [-0.15, -0.1) is 0 Å². The Balaban J connectivity index is 1.79. The van der Waals surface area contributed by atoms with Gasteiger partial charge in [-0.1, -0.05) is 32.4 Å². The fourth-order valence-corrected chi connectivity index (χ4v) is 3.55. The lowest BCUT2D eigenvalue weighted by atomic mass is 9.85. The van der Waals surface area contributed by atoms with E-state index in [-0.39, 0.29) is 16.4 Å². The van der Waals surface area contributed by atoms with Gasteiger partial charge in [0, 0.05) is 39.5 Å². The summed E-state index contributed by atoms with van der Waals surface area (Å²) in [5.41, 5.74) is 2.73. The number of anilines is 1. The van der Waals surface area contributed by atoms with E-state index in [4.69, 9.17) is 11.6 Å². The predicted molar refractivity (Wildman–Crippen MR) is 115 cm³/mol. The van der Waals surface area contributed by atoms with Crippen molar-refractivity contribution in [3.8, 4) is 0 Å². The van der Waals surface area contributed by atoms with Crippen molar-refractivity contribution < 1.29 is 4.79 Å². The molecule has 2 aromatic carbocycles. The van der Waals surface area contributed by atoms with Crippen molar-refractivity contribution in [2.24, 2.45) is 0 Å². The Kier molecular flexibility index (Phi) is 4.27. The zero-order valence-corrected chi connectivity index (χ0v) is 16.6. The van der Waals surface area contributed by atoms with Gasteiger partial charge in [0.05, 0.1) is 0 Å². The van der Waals surface area contributed by atoms with Crippen LogP contribution in [0, 0.1) is 0 Å².